The lowest BCUT2D eigenvalue weighted by Crippen LogP contribution is -2.19. The second-order valence-electron chi connectivity index (χ2n) is 8.77. The molecule has 0 radical (unpaired) electrons. The van der Waals surface area contributed by atoms with Gasteiger partial charge in [-0.1, -0.05) is 16.8 Å². The summed E-state index contributed by atoms with van der Waals surface area (Å²) in [7, 11) is 0. The highest BCUT2D eigenvalue weighted by Gasteiger charge is 2.34. The van der Waals surface area contributed by atoms with Crippen molar-refractivity contribution in [3.63, 3.8) is 0 Å². The van der Waals surface area contributed by atoms with Crippen LogP contribution in [0.15, 0.2) is 35.1 Å². The van der Waals surface area contributed by atoms with Gasteiger partial charge < -0.3 is 23.7 Å². The fourth-order valence-corrected chi connectivity index (χ4v) is 5.09. The number of carboxylic acids is 1. The molecule has 0 bridgehead atoms. The zero-order valence-corrected chi connectivity index (χ0v) is 20.5. The Bertz CT molecular complexity index is 1490. The van der Waals surface area contributed by atoms with Gasteiger partial charge in [-0.3, -0.25) is 0 Å². The third-order valence-corrected chi connectivity index (χ3v) is 6.67. The van der Waals surface area contributed by atoms with Gasteiger partial charge in [0.1, 0.15) is 17.2 Å². The normalized spacial score (nSPS) is 14.9. The lowest BCUT2D eigenvalue weighted by molar-refractivity contribution is -0.274. The van der Waals surface area contributed by atoms with E-state index in [-0.39, 0.29) is 16.6 Å². The highest BCUT2D eigenvalue weighted by Crippen LogP contribution is 2.45. The number of aromatic carboxylic acids is 1. The van der Waals surface area contributed by atoms with Crippen LogP contribution in [0, 0.1) is 13.8 Å². The Morgan fingerprint density at radius 3 is 2.54 bits per heavy atom. The molecule has 0 atom stereocenters. The Labute approximate surface area is 213 Å². The van der Waals surface area contributed by atoms with E-state index in [0.29, 0.717) is 59.7 Å². The fourth-order valence-electron chi connectivity index (χ4n) is 4.78. The predicted molar refractivity (Wildman–Crippen MR) is 128 cm³/mol. The number of nitrogens with zero attached hydrogens (tertiary/aromatic N) is 3. The van der Waals surface area contributed by atoms with Gasteiger partial charge >= 0.3 is 12.3 Å². The van der Waals surface area contributed by atoms with Crippen LogP contribution in [0.3, 0.4) is 0 Å². The molecule has 1 aliphatic rings. The number of pyridine rings is 1. The molecule has 8 nitrogen and oxygen atoms in total. The Hall–Kier alpha value is -3.57. The quantitative estimate of drug-likeness (QED) is 0.308. The smallest absolute Gasteiger partial charge is 0.478 e. The average molecular weight is 536 g/mol. The van der Waals surface area contributed by atoms with Crippen molar-refractivity contribution in [3.05, 3.63) is 52.6 Å². The zero-order valence-electron chi connectivity index (χ0n) is 19.7. The monoisotopic (exact) mass is 535 g/mol. The highest BCUT2D eigenvalue weighted by molar-refractivity contribution is 6.34. The second kappa shape index (κ2) is 9.38. The Morgan fingerprint density at radius 1 is 1.19 bits per heavy atom. The molecule has 4 heterocycles. The molecule has 1 aromatic carbocycles. The van der Waals surface area contributed by atoms with Gasteiger partial charge in [-0.25, -0.2) is 9.78 Å². The molecule has 1 saturated heterocycles. The molecule has 12 heteroatoms. The van der Waals surface area contributed by atoms with Crippen LogP contribution in [0.1, 0.15) is 40.7 Å². The molecule has 3 aromatic heterocycles. The molecule has 0 amide bonds. The number of halogens is 4. The van der Waals surface area contributed by atoms with Gasteiger partial charge in [0.25, 0.3) is 0 Å². The van der Waals surface area contributed by atoms with Crippen LogP contribution >= 0.6 is 11.6 Å². The largest absolute Gasteiger partial charge is 0.573 e. The summed E-state index contributed by atoms with van der Waals surface area (Å²) in [5.41, 5.74) is 2.35. The summed E-state index contributed by atoms with van der Waals surface area (Å²) in [4.78, 5) is 16.2. The van der Waals surface area contributed by atoms with E-state index in [1.165, 1.54) is 0 Å². The minimum absolute atomic E-state index is 0.00790. The van der Waals surface area contributed by atoms with E-state index in [1.807, 2.05) is 4.57 Å². The van der Waals surface area contributed by atoms with Crippen LogP contribution in [0.5, 0.6) is 5.75 Å². The highest BCUT2D eigenvalue weighted by atomic mass is 35.5. The van der Waals surface area contributed by atoms with Crippen LogP contribution in [0.2, 0.25) is 5.02 Å². The first-order chi connectivity index (χ1) is 17.5. The SMILES string of the molecule is Cc1noc(C)c1-c1cnc2c(c1)c(-c1c(Cl)cc(C(=O)O)cc1OC(F)(F)F)cn2C1CCOCC1. The number of hydrogen-bond donors (Lipinski definition) is 1. The van der Waals surface area contributed by atoms with Gasteiger partial charge in [-0.05, 0) is 44.9 Å². The lowest BCUT2D eigenvalue weighted by Gasteiger charge is -2.24. The van der Waals surface area contributed by atoms with Crippen LogP contribution < -0.4 is 4.74 Å². The molecule has 1 N–H and O–H groups in total. The van der Waals surface area contributed by atoms with Gasteiger partial charge in [-0.2, -0.15) is 0 Å². The number of benzene rings is 1. The fraction of sp³-hybridized carbons (Fsp3) is 0.320. The van der Waals surface area contributed by atoms with Crippen molar-refractivity contribution in [2.24, 2.45) is 0 Å². The third kappa shape index (κ3) is 4.76. The van der Waals surface area contributed by atoms with E-state index >= 15 is 0 Å². The van der Waals surface area contributed by atoms with Crippen molar-refractivity contribution < 1.29 is 37.1 Å². The average Bonchev–Trinajstić information content (AvgIpc) is 3.37. The number of hydrogen-bond acceptors (Lipinski definition) is 6. The molecule has 5 rings (SSSR count). The first-order valence-corrected chi connectivity index (χ1v) is 11.8. The number of fused-ring (bicyclic) bond motifs is 1. The number of rotatable bonds is 5. The van der Waals surface area contributed by atoms with E-state index in [2.05, 4.69) is 14.9 Å². The van der Waals surface area contributed by atoms with Crippen LogP contribution in [-0.4, -0.2) is 45.4 Å². The van der Waals surface area contributed by atoms with E-state index in [4.69, 9.17) is 20.9 Å². The van der Waals surface area contributed by atoms with Gasteiger partial charge in [-0.15, -0.1) is 13.2 Å². The van der Waals surface area contributed by atoms with E-state index in [1.54, 1.807) is 32.3 Å². The maximum absolute atomic E-state index is 13.4. The van der Waals surface area contributed by atoms with E-state index < -0.39 is 23.6 Å². The molecule has 194 valence electrons. The first-order valence-electron chi connectivity index (χ1n) is 11.4. The molecule has 37 heavy (non-hydrogen) atoms. The number of carbonyl (C=O) groups is 1. The standard InChI is InChI=1S/C25H21ClF3N3O5/c1-12-21(13(2)37-31-12)15-7-17-18(11-32(23(17)30-10-15)16-3-5-35-6-4-16)22-19(26)8-14(24(33)34)9-20(22)36-25(27,28)29/h7-11,16H,3-6H2,1-2H3,(H,33,34). The summed E-state index contributed by atoms with van der Waals surface area (Å²) in [6.45, 7) is 4.60. The topological polar surface area (TPSA) is 99.6 Å². The minimum atomic E-state index is -5.08. The minimum Gasteiger partial charge on any atom is -0.478 e. The van der Waals surface area contributed by atoms with Crippen molar-refractivity contribution >= 4 is 28.6 Å². The number of aryl methyl sites for hydroxylation is 2. The van der Waals surface area contributed by atoms with Crippen molar-refractivity contribution in [1.82, 2.24) is 14.7 Å². The van der Waals surface area contributed by atoms with Crippen molar-refractivity contribution in [2.45, 2.75) is 39.1 Å². The third-order valence-electron chi connectivity index (χ3n) is 6.37. The summed E-state index contributed by atoms with van der Waals surface area (Å²) in [5.74, 6) is -1.59. The summed E-state index contributed by atoms with van der Waals surface area (Å²) in [6.07, 6.45) is -0.344. The lowest BCUT2D eigenvalue weighted by atomic mass is 9.99. The van der Waals surface area contributed by atoms with Gasteiger partial charge in [0.05, 0.1) is 16.3 Å². The summed E-state index contributed by atoms with van der Waals surface area (Å²) < 4.78 is 57.1. The van der Waals surface area contributed by atoms with E-state index in [9.17, 15) is 23.1 Å². The van der Waals surface area contributed by atoms with Crippen LogP contribution in [0.25, 0.3) is 33.3 Å². The predicted octanol–water partition coefficient (Wildman–Crippen LogP) is 6.58. The Morgan fingerprint density at radius 2 is 1.92 bits per heavy atom. The molecule has 1 aliphatic heterocycles. The molecule has 0 spiro atoms. The maximum atomic E-state index is 13.4. The molecule has 0 unspecified atom stereocenters. The number of aromatic nitrogens is 3. The zero-order chi connectivity index (χ0) is 26.5. The van der Waals surface area contributed by atoms with Gasteiger partial charge in [0.15, 0.2) is 0 Å². The maximum Gasteiger partial charge on any atom is 0.573 e. The molecular formula is C25H21ClF3N3O5. The number of carboxylic acid groups (broad SMARTS) is 1. The Kier molecular flexibility index (Phi) is 6.36. The van der Waals surface area contributed by atoms with Crippen LogP contribution in [0.4, 0.5) is 13.2 Å². The van der Waals surface area contributed by atoms with Crippen molar-refractivity contribution in [3.8, 4) is 28.0 Å². The van der Waals surface area contributed by atoms with Crippen LogP contribution in [-0.2, 0) is 4.74 Å². The van der Waals surface area contributed by atoms with E-state index in [0.717, 1.165) is 17.7 Å². The molecule has 4 aromatic rings. The van der Waals surface area contributed by atoms with Crippen molar-refractivity contribution in [1.29, 1.82) is 0 Å². The number of ether oxygens (including phenoxy) is 2. The second-order valence-corrected chi connectivity index (χ2v) is 9.18. The van der Waals surface area contributed by atoms with Gasteiger partial charge in [0.2, 0.25) is 0 Å². The first kappa shape index (κ1) is 25.1. The number of alkyl halides is 3. The molecule has 1 fully saturated rings. The van der Waals surface area contributed by atoms with Gasteiger partial charge in [0, 0.05) is 59.3 Å². The summed E-state index contributed by atoms with van der Waals surface area (Å²) >= 11 is 6.44. The Balaban J connectivity index is 1.80. The molecule has 0 aliphatic carbocycles. The summed E-state index contributed by atoms with van der Waals surface area (Å²) in [6, 6.07) is 3.71. The molecule has 0 saturated carbocycles. The summed E-state index contributed by atoms with van der Waals surface area (Å²) in [5, 5.41) is 13.7. The molecular weight excluding hydrogens is 515 g/mol. The van der Waals surface area contributed by atoms with Crippen molar-refractivity contribution in [2.75, 3.05) is 13.2 Å².